The lowest BCUT2D eigenvalue weighted by Crippen LogP contribution is -2.20. The zero-order valence-electron chi connectivity index (χ0n) is 16.5. The Labute approximate surface area is 180 Å². The molecule has 0 saturated heterocycles. The summed E-state index contributed by atoms with van der Waals surface area (Å²) in [4.78, 5) is 29.4. The number of benzene rings is 2. The van der Waals surface area contributed by atoms with Crippen molar-refractivity contribution in [1.82, 2.24) is 9.38 Å². The largest absolute Gasteiger partial charge is 0.487 e. The molecule has 0 aliphatic rings. The first-order chi connectivity index (χ1) is 15.0. The van der Waals surface area contributed by atoms with Crippen LogP contribution in [0.15, 0.2) is 64.8 Å². The average molecular weight is 439 g/mol. The number of hydrogen-bond acceptors (Lipinski definition) is 6. The van der Waals surface area contributed by atoms with Crippen molar-refractivity contribution in [3.05, 3.63) is 87.5 Å². The van der Waals surface area contributed by atoms with E-state index in [-0.39, 0.29) is 30.5 Å². The number of halogens is 1. The Bertz CT molecular complexity index is 1280. The Morgan fingerprint density at radius 2 is 1.94 bits per heavy atom. The molecule has 0 atom stereocenters. The van der Waals surface area contributed by atoms with Gasteiger partial charge in [-0.05, 0) is 43.3 Å². The topological polar surface area (TPSA) is 81.9 Å². The summed E-state index contributed by atoms with van der Waals surface area (Å²) in [5.74, 6) is 0.172. The van der Waals surface area contributed by atoms with E-state index in [1.165, 1.54) is 41.7 Å². The van der Waals surface area contributed by atoms with Crippen LogP contribution in [-0.4, -0.2) is 21.9 Å². The molecule has 1 N–H and O–H groups in total. The molecule has 0 bridgehead atoms. The molecule has 0 aliphatic heterocycles. The van der Waals surface area contributed by atoms with Crippen LogP contribution in [0.3, 0.4) is 0 Å². The number of thiazole rings is 1. The number of nitrogens with one attached hydrogen (secondary N) is 1. The molecular formula is C22H18FN3O4S. The van der Waals surface area contributed by atoms with E-state index in [4.69, 9.17) is 9.47 Å². The first kappa shape index (κ1) is 20.5. The minimum atomic E-state index is -0.375. The first-order valence-corrected chi connectivity index (χ1v) is 10.2. The number of aryl methyl sites for hydroxylation is 1. The molecule has 9 heteroatoms. The SMILES string of the molecule is Cc1csc2nc(COc3cccc(NC(=O)COc4ccc(F)cc4)c3)cc(=O)n12. The standard InChI is InChI=1S/C22H18FN3O4S/c1-14-13-31-22-25-17(10-21(28)26(14)22)11-29-19-4-2-3-16(9-19)24-20(27)12-30-18-7-5-15(23)6-8-18/h2-10,13H,11-12H2,1H3,(H,24,27). The summed E-state index contributed by atoms with van der Waals surface area (Å²) in [5, 5.41) is 4.59. The van der Waals surface area contributed by atoms with Gasteiger partial charge in [0.2, 0.25) is 0 Å². The van der Waals surface area contributed by atoms with Crippen LogP contribution in [-0.2, 0) is 11.4 Å². The highest BCUT2D eigenvalue weighted by Gasteiger charge is 2.08. The fourth-order valence-corrected chi connectivity index (χ4v) is 3.76. The lowest BCUT2D eigenvalue weighted by Gasteiger charge is -2.10. The Hall–Kier alpha value is -3.72. The Balaban J connectivity index is 1.35. The van der Waals surface area contributed by atoms with Crippen LogP contribution in [0.25, 0.3) is 4.96 Å². The molecule has 31 heavy (non-hydrogen) atoms. The molecule has 0 aliphatic carbocycles. The zero-order chi connectivity index (χ0) is 21.8. The molecule has 2 aromatic heterocycles. The highest BCUT2D eigenvalue weighted by Crippen LogP contribution is 2.19. The lowest BCUT2D eigenvalue weighted by atomic mass is 10.3. The van der Waals surface area contributed by atoms with Crippen LogP contribution in [0.4, 0.5) is 10.1 Å². The second-order valence-corrected chi connectivity index (χ2v) is 7.52. The third-order valence-corrected chi connectivity index (χ3v) is 5.26. The zero-order valence-corrected chi connectivity index (χ0v) is 17.3. The average Bonchev–Trinajstić information content (AvgIpc) is 3.13. The summed E-state index contributed by atoms with van der Waals surface area (Å²) >= 11 is 1.40. The smallest absolute Gasteiger partial charge is 0.262 e. The summed E-state index contributed by atoms with van der Waals surface area (Å²) in [6, 6.07) is 13.7. The van der Waals surface area contributed by atoms with Crippen molar-refractivity contribution in [2.24, 2.45) is 0 Å². The first-order valence-electron chi connectivity index (χ1n) is 9.36. The number of nitrogens with zero attached hydrogens (tertiary/aromatic N) is 2. The monoisotopic (exact) mass is 439 g/mol. The van der Waals surface area contributed by atoms with E-state index in [1.54, 1.807) is 28.7 Å². The fourth-order valence-electron chi connectivity index (χ4n) is 2.87. The molecule has 7 nitrogen and oxygen atoms in total. The van der Waals surface area contributed by atoms with Crippen molar-refractivity contribution in [1.29, 1.82) is 0 Å². The van der Waals surface area contributed by atoms with Crippen molar-refractivity contribution in [3.63, 3.8) is 0 Å². The van der Waals surface area contributed by atoms with Crippen LogP contribution >= 0.6 is 11.3 Å². The number of fused-ring (bicyclic) bond motifs is 1. The highest BCUT2D eigenvalue weighted by molar-refractivity contribution is 7.15. The summed E-state index contributed by atoms with van der Waals surface area (Å²) in [5.41, 5.74) is 1.75. The summed E-state index contributed by atoms with van der Waals surface area (Å²) in [7, 11) is 0. The number of carbonyl (C=O) groups is 1. The van der Waals surface area contributed by atoms with Crippen LogP contribution < -0.4 is 20.3 Å². The number of rotatable bonds is 7. The molecule has 0 spiro atoms. The summed E-state index contributed by atoms with van der Waals surface area (Å²) in [6.07, 6.45) is 0. The predicted molar refractivity (Wildman–Crippen MR) is 115 cm³/mol. The van der Waals surface area contributed by atoms with Gasteiger partial charge in [-0.2, -0.15) is 0 Å². The molecule has 158 valence electrons. The molecule has 0 fully saturated rings. The minimum absolute atomic E-state index is 0.119. The Morgan fingerprint density at radius 1 is 1.13 bits per heavy atom. The van der Waals surface area contributed by atoms with E-state index in [0.717, 1.165) is 5.69 Å². The van der Waals surface area contributed by atoms with Gasteiger partial charge in [0.15, 0.2) is 11.6 Å². The second-order valence-electron chi connectivity index (χ2n) is 6.69. The van der Waals surface area contributed by atoms with Crippen LogP contribution in [0, 0.1) is 12.7 Å². The van der Waals surface area contributed by atoms with Gasteiger partial charge < -0.3 is 14.8 Å². The van der Waals surface area contributed by atoms with Gasteiger partial charge in [-0.1, -0.05) is 6.07 Å². The van der Waals surface area contributed by atoms with Crippen molar-refractivity contribution in [3.8, 4) is 11.5 Å². The van der Waals surface area contributed by atoms with E-state index in [0.29, 0.717) is 27.8 Å². The van der Waals surface area contributed by atoms with Crippen LogP contribution in [0.5, 0.6) is 11.5 Å². The van der Waals surface area contributed by atoms with Gasteiger partial charge in [-0.3, -0.25) is 14.0 Å². The van der Waals surface area contributed by atoms with Gasteiger partial charge in [0.1, 0.15) is 23.9 Å². The molecule has 4 rings (SSSR count). The number of amides is 1. The Kier molecular flexibility index (Phi) is 5.94. The van der Waals surface area contributed by atoms with Gasteiger partial charge in [-0.25, -0.2) is 9.37 Å². The van der Waals surface area contributed by atoms with E-state index in [1.807, 2.05) is 12.3 Å². The number of ether oxygens (including phenoxy) is 2. The molecule has 4 aromatic rings. The van der Waals surface area contributed by atoms with E-state index >= 15 is 0 Å². The number of carbonyl (C=O) groups excluding carboxylic acids is 1. The maximum absolute atomic E-state index is 12.9. The molecule has 1 amide bonds. The van der Waals surface area contributed by atoms with E-state index < -0.39 is 0 Å². The number of anilines is 1. The molecule has 2 heterocycles. The van der Waals surface area contributed by atoms with Crippen LogP contribution in [0.2, 0.25) is 0 Å². The highest BCUT2D eigenvalue weighted by atomic mass is 32.1. The third-order valence-electron chi connectivity index (χ3n) is 4.32. The fraction of sp³-hybridized carbons (Fsp3) is 0.136. The Morgan fingerprint density at radius 3 is 2.74 bits per heavy atom. The molecule has 0 unspecified atom stereocenters. The normalized spacial score (nSPS) is 10.8. The van der Waals surface area contributed by atoms with E-state index in [9.17, 15) is 14.0 Å². The maximum atomic E-state index is 12.9. The molecule has 0 radical (unpaired) electrons. The van der Waals surface area contributed by atoms with Crippen LogP contribution in [0.1, 0.15) is 11.4 Å². The lowest BCUT2D eigenvalue weighted by molar-refractivity contribution is -0.118. The number of hydrogen-bond donors (Lipinski definition) is 1. The quantitative estimate of drug-likeness (QED) is 0.474. The maximum Gasteiger partial charge on any atom is 0.262 e. The van der Waals surface area contributed by atoms with Gasteiger partial charge >= 0.3 is 0 Å². The summed E-state index contributed by atoms with van der Waals surface area (Å²) < 4.78 is 25.5. The summed E-state index contributed by atoms with van der Waals surface area (Å²) in [6.45, 7) is 1.76. The second kappa shape index (κ2) is 8.97. The van der Waals surface area contributed by atoms with Crippen molar-refractivity contribution >= 4 is 27.9 Å². The van der Waals surface area contributed by atoms with Gasteiger partial charge in [-0.15, -0.1) is 11.3 Å². The van der Waals surface area contributed by atoms with Crippen molar-refractivity contribution < 1.29 is 18.7 Å². The van der Waals surface area contributed by atoms with Gasteiger partial charge in [0.05, 0.1) is 5.69 Å². The van der Waals surface area contributed by atoms with E-state index in [2.05, 4.69) is 10.3 Å². The van der Waals surface area contributed by atoms with Gasteiger partial charge in [0.25, 0.3) is 11.5 Å². The number of aromatic nitrogens is 2. The van der Waals surface area contributed by atoms with Crippen molar-refractivity contribution in [2.45, 2.75) is 13.5 Å². The molecule has 0 saturated carbocycles. The van der Waals surface area contributed by atoms with Crippen molar-refractivity contribution in [2.75, 3.05) is 11.9 Å². The minimum Gasteiger partial charge on any atom is -0.487 e. The third kappa shape index (κ3) is 5.07. The predicted octanol–water partition coefficient (Wildman–Crippen LogP) is 3.80. The van der Waals surface area contributed by atoms with Gasteiger partial charge in [0, 0.05) is 28.9 Å². The molecular weight excluding hydrogens is 421 g/mol. The molecule has 2 aromatic carbocycles.